The third-order valence-electron chi connectivity index (χ3n) is 2.96. The number of hydrogen-bond donors (Lipinski definition) is 3. The van der Waals surface area contributed by atoms with Crippen LogP contribution in [0.2, 0.25) is 5.02 Å². The van der Waals surface area contributed by atoms with Gasteiger partial charge < -0.3 is 21.3 Å². The molecule has 0 radical (unpaired) electrons. The summed E-state index contributed by atoms with van der Waals surface area (Å²) >= 11 is 5.87. The van der Waals surface area contributed by atoms with Gasteiger partial charge in [0.1, 0.15) is 0 Å². The molecule has 0 aromatic heterocycles. The number of anilines is 2. The van der Waals surface area contributed by atoms with E-state index in [1.54, 1.807) is 0 Å². The Morgan fingerprint density at radius 2 is 1.43 bits per heavy atom. The highest BCUT2D eigenvalue weighted by Gasteiger charge is 2.24. The Bertz CT molecular complexity index is 820. The van der Waals surface area contributed by atoms with Gasteiger partial charge in [-0.15, -0.1) is 0 Å². The average molecular weight is 335 g/mol. The van der Waals surface area contributed by atoms with Crippen molar-refractivity contribution >= 4 is 40.9 Å². The summed E-state index contributed by atoms with van der Waals surface area (Å²) in [6.45, 7) is 0. The van der Waals surface area contributed by atoms with Crippen LogP contribution in [0.15, 0.2) is 36.4 Å². The van der Waals surface area contributed by atoms with Gasteiger partial charge in [-0.2, -0.15) is 0 Å². The smallest absolute Gasteiger partial charge is 0.347 e. The largest absolute Gasteiger partial charge is 0.478 e. The number of halogens is 1. The monoisotopic (exact) mass is 334 g/mol. The van der Waals surface area contributed by atoms with Gasteiger partial charge in [-0.3, -0.25) is 0 Å². The predicted octanol–water partition coefficient (Wildman–Crippen LogP) is 2.20. The maximum absolute atomic E-state index is 12.1. The van der Waals surface area contributed by atoms with E-state index >= 15 is 0 Å². The van der Waals surface area contributed by atoms with Gasteiger partial charge in [0.2, 0.25) is 0 Å². The fraction of sp³-hybridized carbons (Fsp3) is 0. The van der Waals surface area contributed by atoms with E-state index in [0.29, 0.717) is 0 Å². The SMILES string of the molecule is Nc1cccc(C(=O)OC(=O)c2cccc(N)c2C(=O)O)c1Cl. The van der Waals surface area contributed by atoms with E-state index in [-0.39, 0.29) is 27.5 Å². The highest BCUT2D eigenvalue weighted by Crippen LogP contribution is 2.24. The van der Waals surface area contributed by atoms with Crippen molar-refractivity contribution in [1.29, 1.82) is 0 Å². The fourth-order valence-corrected chi connectivity index (χ4v) is 2.08. The number of nitrogen functional groups attached to an aromatic ring is 2. The summed E-state index contributed by atoms with van der Waals surface area (Å²) in [6.07, 6.45) is 0. The van der Waals surface area contributed by atoms with Crippen molar-refractivity contribution in [3.8, 4) is 0 Å². The molecule has 0 heterocycles. The van der Waals surface area contributed by atoms with Crippen molar-refractivity contribution in [3.63, 3.8) is 0 Å². The Kier molecular flexibility index (Phi) is 4.52. The normalized spacial score (nSPS) is 10.1. The lowest BCUT2D eigenvalue weighted by Gasteiger charge is -2.09. The lowest BCUT2D eigenvalue weighted by Crippen LogP contribution is -2.17. The van der Waals surface area contributed by atoms with Gasteiger partial charge in [0, 0.05) is 5.69 Å². The highest BCUT2D eigenvalue weighted by molar-refractivity contribution is 6.36. The lowest BCUT2D eigenvalue weighted by atomic mass is 10.1. The summed E-state index contributed by atoms with van der Waals surface area (Å²) < 4.78 is 4.67. The summed E-state index contributed by atoms with van der Waals surface area (Å²) in [5.74, 6) is -3.62. The zero-order chi connectivity index (χ0) is 17.1. The van der Waals surface area contributed by atoms with E-state index in [0.717, 1.165) is 0 Å². The molecule has 0 fully saturated rings. The highest BCUT2D eigenvalue weighted by atomic mass is 35.5. The third-order valence-corrected chi connectivity index (χ3v) is 3.39. The van der Waals surface area contributed by atoms with E-state index in [1.807, 2.05) is 0 Å². The standard InChI is InChI=1S/C15H11ClN2O5/c16-12-8(4-2-6-10(12)18)15(22)23-14(21)7-3-1-5-9(17)11(7)13(19)20/h1-6H,17-18H2,(H,19,20). The van der Waals surface area contributed by atoms with E-state index in [4.69, 9.17) is 28.2 Å². The number of carbonyl (C=O) groups excluding carboxylic acids is 2. The number of carboxylic acids is 1. The van der Waals surface area contributed by atoms with Crippen LogP contribution in [0.5, 0.6) is 0 Å². The van der Waals surface area contributed by atoms with E-state index in [2.05, 4.69) is 4.74 Å². The predicted molar refractivity (Wildman–Crippen MR) is 83.4 cm³/mol. The van der Waals surface area contributed by atoms with Gasteiger partial charge >= 0.3 is 17.9 Å². The van der Waals surface area contributed by atoms with Crippen molar-refractivity contribution in [2.24, 2.45) is 0 Å². The number of esters is 2. The molecule has 0 aliphatic heterocycles. The zero-order valence-electron chi connectivity index (χ0n) is 11.6. The van der Waals surface area contributed by atoms with Gasteiger partial charge in [-0.1, -0.05) is 23.7 Å². The maximum Gasteiger partial charge on any atom is 0.347 e. The molecule has 0 spiro atoms. The molecule has 2 rings (SSSR count). The Hall–Kier alpha value is -3.06. The molecule has 0 saturated carbocycles. The van der Waals surface area contributed by atoms with Crippen molar-refractivity contribution in [2.75, 3.05) is 11.5 Å². The first-order valence-electron chi connectivity index (χ1n) is 6.25. The first-order valence-corrected chi connectivity index (χ1v) is 6.63. The molecular weight excluding hydrogens is 324 g/mol. The molecule has 8 heteroatoms. The van der Waals surface area contributed by atoms with Crippen LogP contribution >= 0.6 is 11.6 Å². The zero-order valence-corrected chi connectivity index (χ0v) is 12.3. The lowest BCUT2D eigenvalue weighted by molar-refractivity contribution is 0.0392. The molecule has 2 aromatic carbocycles. The molecule has 0 unspecified atom stereocenters. The van der Waals surface area contributed by atoms with E-state index < -0.39 is 23.5 Å². The van der Waals surface area contributed by atoms with Crippen molar-refractivity contribution in [1.82, 2.24) is 0 Å². The Morgan fingerprint density at radius 1 is 0.913 bits per heavy atom. The van der Waals surface area contributed by atoms with Crippen LogP contribution in [0, 0.1) is 0 Å². The quantitative estimate of drug-likeness (QED) is 0.445. The topological polar surface area (TPSA) is 133 Å². The molecule has 0 bridgehead atoms. The molecule has 2 aromatic rings. The number of carboxylic acid groups (broad SMARTS) is 1. The van der Waals surface area contributed by atoms with Crippen LogP contribution in [-0.2, 0) is 4.74 Å². The Morgan fingerprint density at radius 3 is 2.04 bits per heavy atom. The molecule has 0 saturated heterocycles. The average Bonchev–Trinajstić information content (AvgIpc) is 2.49. The number of benzene rings is 2. The van der Waals surface area contributed by atoms with Crippen molar-refractivity contribution in [2.45, 2.75) is 0 Å². The number of aromatic carboxylic acids is 1. The second kappa shape index (κ2) is 6.37. The van der Waals surface area contributed by atoms with Crippen molar-refractivity contribution in [3.05, 3.63) is 58.1 Å². The second-order valence-electron chi connectivity index (χ2n) is 4.46. The molecule has 0 atom stereocenters. The second-order valence-corrected chi connectivity index (χ2v) is 4.84. The number of ether oxygens (including phenoxy) is 1. The molecule has 5 N–H and O–H groups in total. The van der Waals surface area contributed by atoms with Crippen LogP contribution < -0.4 is 11.5 Å². The van der Waals surface area contributed by atoms with Crippen LogP contribution in [0.3, 0.4) is 0 Å². The first kappa shape index (κ1) is 16.3. The van der Waals surface area contributed by atoms with Crippen LogP contribution in [0.1, 0.15) is 31.1 Å². The molecule has 23 heavy (non-hydrogen) atoms. The van der Waals surface area contributed by atoms with E-state index in [1.165, 1.54) is 36.4 Å². The molecule has 118 valence electrons. The number of nitrogens with two attached hydrogens (primary N) is 2. The first-order chi connectivity index (χ1) is 10.8. The summed E-state index contributed by atoms with van der Waals surface area (Å²) in [7, 11) is 0. The van der Waals surface area contributed by atoms with Gasteiger partial charge in [0.15, 0.2) is 0 Å². The molecule has 0 amide bonds. The summed E-state index contributed by atoms with van der Waals surface area (Å²) in [6, 6.07) is 8.14. The number of carbonyl (C=O) groups is 3. The van der Waals surface area contributed by atoms with Gasteiger partial charge in [0.25, 0.3) is 0 Å². The van der Waals surface area contributed by atoms with Crippen LogP contribution in [0.25, 0.3) is 0 Å². The van der Waals surface area contributed by atoms with Gasteiger partial charge in [-0.05, 0) is 24.3 Å². The summed E-state index contributed by atoms with van der Waals surface area (Å²) in [5, 5.41) is 9.06. The summed E-state index contributed by atoms with van der Waals surface area (Å²) in [5.41, 5.74) is 10.2. The van der Waals surface area contributed by atoms with Gasteiger partial charge in [0.05, 0.1) is 27.4 Å². The number of hydrogen-bond acceptors (Lipinski definition) is 6. The Balaban J connectivity index is 2.33. The molecular formula is C15H11ClN2O5. The number of rotatable bonds is 3. The maximum atomic E-state index is 12.1. The molecule has 7 nitrogen and oxygen atoms in total. The Labute approximate surface area is 135 Å². The third kappa shape index (κ3) is 3.24. The summed E-state index contributed by atoms with van der Waals surface area (Å²) in [4.78, 5) is 35.3. The fourth-order valence-electron chi connectivity index (χ4n) is 1.88. The van der Waals surface area contributed by atoms with Crippen molar-refractivity contribution < 1.29 is 24.2 Å². The minimum absolute atomic E-state index is 0.0590. The minimum Gasteiger partial charge on any atom is -0.478 e. The molecule has 0 aliphatic rings. The van der Waals surface area contributed by atoms with Crippen LogP contribution in [-0.4, -0.2) is 23.0 Å². The minimum atomic E-state index is -1.41. The van der Waals surface area contributed by atoms with Gasteiger partial charge in [-0.25, -0.2) is 14.4 Å². The van der Waals surface area contributed by atoms with E-state index in [9.17, 15) is 14.4 Å². The van der Waals surface area contributed by atoms with Crippen LogP contribution in [0.4, 0.5) is 11.4 Å². The molecule has 0 aliphatic carbocycles.